The van der Waals surface area contributed by atoms with E-state index in [0.717, 1.165) is 0 Å². The lowest BCUT2D eigenvalue weighted by atomic mass is 10.2. The molecule has 1 heterocycles. The zero-order valence-corrected chi connectivity index (χ0v) is 16.3. The van der Waals surface area contributed by atoms with E-state index >= 15 is 0 Å². The van der Waals surface area contributed by atoms with Gasteiger partial charge in [0.15, 0.2) is 6.67 Å². The van der Waals surface area contributed by atoms with Gasteiger partial charge in [0.1, 0.15) is 11.9 Å². The fraction of sp³-hybridized carbons (Fsp3) is 0.421. The van der Waals surface area contributed by atoms with E-state index in [2.05, 4.69) is 23.7 Å². The summed E-state index contributed by atoms with van der Waals surface area (Å²) in [7, 11) is 1.75. The zero-order chi connectivity index (χ0) is 21.4. The van der Waals surface area contributed by atoms with Gasteiger partial charge >= 0.3 is 6.09 Å². The molecule has 0 aromatic heterocycles. The van der Waals surface area contributed by atoms with Crippen LogP contribution in [0.2, 0.25) is 0 Å². The van der Waals surface area contributed by atoms with Crippen LogP contribution >= 0.6 is 0 Å². The van der Waals surface area contributed by atoms with Crippen LogP contribution in [-0.2, 0) is 9.53 Å². The molecule has 0 radical (unpaired) electrons. The molecule has 0 aliphatic carbocycles. The van der Waals surface area contributed by atoms with Crippen LogP contribution in [-0.4, -0.2) is 76.3 Å². The number of benzene rings is 1. The van der Waals surface area contributed by atoms with Crippen LogP contribution in [0.1, 0.15) is 0 Å². The standard InChI is InChI=1S/C19H25F2N5O3/c1-4-7-25(22-2)9-8-24(3)17-6-5-14(10-16(17)21)26-13-15(29-19(26)28)12-23-18(27)11-20/h4-6,10,15H,1-2,7-9,11-13H2,3H3,(H,23,27). The van der Waals surface area contributed by atoms with Gasteiger partial charge in [0.25, 0.3) is 5.91 Å². The molecular formula is C19H25F2N5O3. The molecule has 1 N–H and O–H groups in total. The summed E-state index contributed by atoms with van der Waals surface area (Å²) in [5.41, 5.74) is 0.709. The van der Waals surface area contributed by atoms with E-state index in [9.17, 15) is 18.4 Å². The molecule has 1 aliphatic rings. The number of anilines is 2. The second-order valence-electron chi connectivity index (χ2n) is 6.45. The highest BCUT2D eigenvalue weighted by molar-refractivity contribution is 5.90. The Labute approximate surface area is 168 Å². The van der Waals surface area contributed by atoms with E-state index in [4.69, 9.17) is 4.74 Å². The summed E-state index contributed by atoms with van der Waals surface area (Å²) < 4.78 is 32.0. The van der Waals surface area contributed by atoms with Crippen molar-refractivity contribution in [1.82, 2.24) is 10.3 Å². The van der Waals surface area contributed by atoms with Gasteiger partial charge in [-0.3, -0.25) is 14.7 Å². The molecule has 2 rings (SSSR count). The first kappa shape index (κ1) is 22.1. The normalized spacial score (nSPS) is 15.6. The van der Waals surface area contributed by atoms with Crippen molar-refractivity contribution in [2.45, 2.75) is 6.10 Å². The molecule has 1 atom stereocenters. The third-order valence-electron chi connectivity index (χ3n) is 4.41. The lowest BCUT2D eigenvalue weighted by Crippen LogP contribution is -2.35. The molecule has 0 bridgehead atoms. The van der Waals surface area contributed by atoms with Gasteiger partial charge in [0.05, 0.1) is 37.6 Å². The van der Waals surface area contributed by atoms with Crippen molar-refractivity contribution in [1.29, 1.82) is 0 Å². The summed E-state index contributed by atoms with van der Waals surface area (Å²) in [6, 6.07) is 4.45. The Morgan fingerprint density at radius 2 is 2.24 bits per heavy atom. The Hall–Kier alpha value is -3.17. The summed E-state index contributed by atoms with van der Waals surface area (Å²) in [5, 5.41) is 7.89. The molecule has 0 spiro atoms. The smallest absolute Gasteiger partial charge is 0.414 e. The first-order valence-electron chi connectivity index (χ1n) is 9.03. The lowest BCUT2D eigenvalue weighted by Gasteiger charge is -2.24. The minimum absolute atomic E-state index is 0.00710. The average molecular weight is 409 g/mol. The summed E-state index contributed by atoms with van der Waals surface area (Å²) in [6.07, 6.45) is 0.419. The molecule has 1 aromatic rings. The van der Waals surface area contributed by atoms with Gasteiger partial charge in [-0.2, -0.15) is 5.10 Å². The number of carbonyl (C=O) groups is 2. The molecule has 2 amide bonds. The molecule has 158 valence electrons. The molecule has 1 aromatic carbocycles. The molecule has 8 nitrogen and oxygen atoms in total. The highest BCUT2D eigenvalue weighted by atomic mass is 19.1. The van der Waals surface area contributed by atoms with Gasteiger partial charge in [-0.1, -0.05) is 6.08 Å². The number of likely N-dealkylation sites (N-methyl/N-ethyl adjacent to an activating group) is 1. The van der Waals surface area contributed by atoms with Crippen molar-refractivity contribution < 1.29 is 23.1 Å². The van der Waals surface area contributed by atoms with E-state index in [1.807, 2.05) is 0 Å². The molecule has 1 aliphatic heterocycles. The lowest BCUT2D eigenvalue weighted by molar-refractivity contribution is -0.122. The first-order valence-corrected chi connectivity index (χ1v) is 9.03. The number of halogens is 2. The van der Waals surface area contributed by atoms with Crippen LogP contribution in [0.15, 0.2) is 36.0 Å². The molecule has 29 heavy (non-hydrogen) atoms. The van der Waals surface area contributed by atoms with Gasteiger partial charge in [-0.05, 0) is 18.2 Å². The second kappa shape index (κ2) is 10.4. The maximum absolute atomic E-state index is 14.6. The third-order valence-corrected chi connectivity index (χ3v) is 4.41. The summed E-state index contributed by atoms with van der Waals surface area (Å²) in [5.74, 6) is -1.27. The Morgan fingerprint density at radius 3 is 2.86 bits per heavy atom. The number of alkyl halides is 1. The van der Waals surface area contributed by atoms with Crippen LogP contribution in [0, 0.1) is 5.82 Å². The highest BCUT2D eigenvalue weighted by Crippen LogP contribution is 2.27. The molecular weight excluding hydrogens is 384 g/mol. The number of nitrogens with zero attached hydrogens (tertiary/aromatic N) is 4. The highest BCUT2D eigenvalue weighted by Gasteiger charge is 2.33. The predicted molar refractivity (Wildman–Crippen MR) is 108 cm³/mol. The van der Waals surface area contributed by atoms with Gasteiger partial charge < -0.3 is 15.0 Å². The summed E-state index contributed by atoms with van der Waals surface area (Å²) >= 11 is 0. The van der Waals surface area contributed by atoms with Gasteiger partial charge in [0.2, 0.25) is 0 Å². The van der Waals surface area contributed by atoms with Crippen LogP contribution in [0.5, 0.6) is 0 Å². The van der Waals surface area contributed by atoms with Crippen molar-refractivity contribution >= 4 is 30.1 Å². The fourth-order valence-corrected chi connectivity index (χ4v) is 2.84. The minimum Gasteiger partial charge on any atom is -0.442 e. The number of amides is 2. The number of rotatable bonds is 11. The Morgan fingerprint density at radius 1 is 1.48 bits per heavy atom. The zero-order valence-electron chi connectivity index (χ0n) is 16.3. The first-order chi connectivity index (χ1) is 13.9. The third kappa shape index (κ3) is 5.90. The van der Waals surface area contributed by atoms with Gasteiger partial charge in [0, 0.05) is 20.3 Å². The molecule has 1 unspecified atom stereocenters. The van der Waals surface area contributed by atoms with E-state index < -0.39 is 30.6 Å². The average Bonchev–Trinajstić information content (AvgIpc) is 3.09. The summed E-state index contributed by atoms with van der Waals surface area (Å²) in [4.78, 5) is 26.0. The van der Waals surface area contributed by atoms with E-state index in [1.165, 1.54) is 11.0 Å². The number of hydrogen-bond acceptors (Lipinski definition) is 6. The molecule has 1 saturated heterocycles. The monoisotopic (exact) mass is 409 g/mol. The minimum atomic E-state index is -1.14. The molecule has 1 fully saturated rings. The van der Waals surface area contributed by atoms with E-state index in [-0.39, 0.29) is 13.1 Å². The Balaban J connectivity index is 1.99. The molecule has 0 saturated carbocycles. The number of ether oxygens (including phenoxy) is 1. The Bertz CT molecular complexity index is 761. The van der Waals surface area contributed by atoms with Gasteiger partial charge in [-0.25, -0.2) is 13.6 Å². The predicted octanol–water partition coefficient (Wildman–Crippen LogP) is 1.78. The largest absolute Gasteiger partial charge is 0.442 e. The van der Waals surface area contributed by atoms with Crippen molar-refractivity contribution in [2.75, 3.05) is 56.2 Å². The maximum Gasteiger partial charge on any atom is 0.414 e. The van der Waals surface area contributed by atoms with Crippen molar-refractivity contribution in [2.24, 2.45) is 5.10 Å². The van der Waals surface area contributed by atoms with Crippen LogP contribution < -0.4 is 15.1 Å². The SMILES string of the molecule is C=CCN(CCN(C)c1ccc(N2CC(CNC(=O)CF)OC2=O)cc1F)N=C. The van der Waals surface area contributed by atoms with Crippen molar-refractivity contribution in [3.63, 3.8) is 0 Å². The number of cyclic esters (lactones) is 1. The number of carbonyl (C=O) groups excluding carboxylic acids is 2. The number of hydrogen-bond donors (Lipinski definition) is 1. The van der Waals surface area contributed by atoms with Crippen LogP contribution in [0.25, 0.3) is 0 Å². The number of hydrazone groups is 1. The summed E-state index contributed by atoms with van der Waals surface area (Å²) in [6.45, 7) is 7.71. The van der Waals surface area contributed by atoms with E-state index in [1.54, 1.807) is 35.2 Å². The van der Waals surface area contributed by atoms with Crippen molar-refractivity contribution in [3.05, 3.63) is 36.7 Å². The second-order valence-corrected chi connectivity index (χ2v) is 6.45. The Kier molecular flexibility index (Phi) is 7.93. The number of nitrogens with one attached hydrogen (secondary N) is 1. The molecule has 10 heteroatoms. The van der Waals surface area contributed by atoms with Gasteiger partial charge in [-0.15, -0.1) is 6.58 Å². The quantitative estimate of drug-likeness (QED) is 0.343. The topological polar surface area (TPSA) is 77.5 Å². The van der Waals surface area contributed by atoms with Crippen LogP contribution in [0.4, 0.5) is 25.0 Å². The van der Waals surface area contributed by atoms with Crippen molar-refractivity contribution in [3.8, 4) is 0 Å². The van der Waals surface area contributed by atoms with Crippen LogP contribution in [0.3, 0.4) is 0 Å². The maximum atomic E-state index is 14.6. The fourth-order valence-electron chi connectivity index (χ4n) is 2.84. The van der Waals surface area contributed by atoms with E-state index in [0.29, 0.717) is 31.0 Å².